The molecule has 0 aliphatic heterocycles. The molecule has 0 bridgehead atoms. The summed E-state index contributed by atoms with van der Waals surface area (Å²) in [5, 5.41) is 0. The highest BCUT2D eigenvalue weighted by atomic mass is 79.9. The fourth-order valence-electron chi connectivity index (χ4n) is 1.55. The van der Waals surface area contributed by atoms with Crippen LogP contribution in [0.4, 0.5) is 0 Å². The smallest absolute Gasteiger partial charge is 0.309 e. The summed E-state index contributed by atoms with van der Waals surface area (Å²) in [6.07, 6.45) is 0. The first-order valence-corrected chi connectivity index (χ1v) is 7.00. The van der Waals surface area contributed by atoms with Gasteiger partial charge in [0.05, 0.1) is 4.88 Å². The molecule has 3 nitrogen and oxygen atoms in total. The number of nitrogens with zero attached hydrogens (tertiary/aromatic N) is 1. The number of thiazole rings is 1. The van der Waals surface area contributed by atoms with Crippen LogP contribution in [0.2, 0.25) is 0 Å². The number of benzene rings is 1. The maximum absolute atomic E-state index is 11.1. The summed E-state index contributed by atoms with van der Waals surface area (Å²) in [5.41, 5.74) is 3.44. The fourth-order valence-corrected chi connectivity index (χ4v) is 2.91. The van der Waals surface area contributed by atoms with Gasteiger partial charge in [0.2, 0.25) is 5.88 Å². The van der Waals surface area contributed by atoms with Crippen molar-refractivity contribution in [2.24, 2.45) is 0 Å². The standard InChI is InChI=1S/C13H12BrNO2S/c1-7-4-5-10(6-8(7)2)11-12(17-9(3)16)15-13(14)18-11/h4-6H,1-3H3. The van der Waals surface area contributed by atoms with Gasteiger partial charge >= 0.3 is 5.97 Å². The number of halogens is 1. The van der Waals surface area contributed by atoms with Crippen LogP contribution in [0.1, 0.15) is 18.1 Å². The molecule has 5 heteroatoms. The Morgan fingerprint density at radius 1 is 1.33 bits per heavy atom. The Labute approximate surface area is 118 Å². The minimum atomic E-state index is -0.363. The number of aromatic nitrogens is 1. The van der Waals surface area contributed by atoms with Gasteiger partial charge in [-0.1, -0.05) is 18.2 Å². The van der Waals surface area contributed by atoms with Crippen LogP contribution in [0.15, 0.2) is 22.1 Å². The van der Waals surface area contributed by atoms with Crippen LogP contribution < -0.4 is 4.74 Å². The lowest BCUT2D eigenvalue weighted by molar-refractivity contribution is -0.132. The van der Waals surface area contributed by atoms with Crippen LogP contribution in [-0.4, -0.2) is 11.0 Å². The van der Waals surface area contributed by atoms with Crippen LogP contribution in [-0.2, 0) is 4.79 Å². The number of aryl methyl sites for hydroxylation is 2. The lowest BCUT2D eigenvalue weighted by Crippen LogP contribution is -2.02. The van der Waals surface area contributed by atoms with Crippen molar-refractivity contribution in [2.75, 3.05) is 0 Å². The maximum atomic E-state index is 11.1. The average Bonchev–Trinajstić information content (AvgIpc) is 2.62. The van der Waals surface area contributed by atoms with E-state index in [9.17, 15) is 4.79 Å². The Kier molecular flexibility index (Phi) is 3.82. The van der Waals surface area contributed by atoms with Crippen molar-refractivity contribution in [1.82, 2.24) is 4.98 Å². The first-order chi connectivity index (χ1) is 8.47. The Morgan fingerprint density at radius 2 is 2.06 bits per heavy atom. The van der Waals surface area contributed by atoms with Crippen molar-refractivity contribution in [3.63, 3.8) is 0 Å². The van der Waals surface area contributed by atoms with Crippen LogP contribution in [0.25, 0.3) is 10.4 Å². The lowest BCUT2D eigenvalue weighted by Gasteiger charge is -2.05. The summed E-state index contributed by atoms with van der Waals surface area (Å²) in [6, 6.07) is 6.13. The normalized spacial score (nSPS) is 10.4. The van der Waals surface area contributed by atoms with E-state index < -0.39 is 0 Å². The van der Waals surface area contributed by atoms with Crippen molar-refractivity contribution in [3.8, 4) is 16.3 Å². The highest BCUT2D eigenvalue weighted by Gasteiger charge is 2.15. The van der Waals surface area contributed by atoms with Crippen molar-refractivity contribution in [2.45, 2.75) is 20.8 Å². The van der Waals surface area contributed by atoms with Gasteiger partial charge in [0.25, 0.3) is 0 Å². The van der Waals surface area contributed by atoms with Crippen LogP contribution in [0.3, 0.4) is 0 Å². The molecule has 0 aliphatic carbocycles. The largest absolute Gasteiger partial charge is 0.406 e. The summed E-state index contributed by atoms with van der Waals surface area (Å²) in [5.74, 6) is 0.000474. The quantitative estimate of drug-likeness (QED) is 0.780. The fraction of sp³-hybridized carbons (Fsp3) is 0.231. The molecule has 2 aromatic rings. The topological polar surface area (TPSA) is 39.2 Å². The van der Waals surface area contributed by atoms with Crippen molar-refractivity contribution >= 4 is 33.2 Å². The van der Waals surface area contributed by atoms with Crippen LogP contribution >= 0.6 is 27.3 Å². The molecule has 0 fully saturated rings. The number of hydrogen-bond acceptors (Lipinski definition) is 4. The van der Waals surface area contributed by atoms with E-state index in [1.165, 1.54) is 29.4 Å². The molecule has 18 heavy (non-hydrogen) atoms. The maximum Gasteiger partial charge on any atom is 0.309 e. The zero-order valence-electron chi connectivity index (χ0n) is 10.3. The molecule has 0 atom stereocenters. The molecule has 0 radical (unpaired) electrons. The second-order valence-corrected chi connectivity index (χ2v) is 6.27. The minimum Gasteiger partial charge on any atom is -0.406 e. The highest BCUT2D eigenvalue weighted by Crippen LogP contribution is 2.38. The Hall–Kier alpha value is -1.20. The number of esters is 1. The molecule has 2 rings (SSSR count). The third-order valence-electron chi connectivity index (χ3n) is 2.58. The molecule has 94 valence electrons. The molecule has 0 saturated carbocycles. The molecular formula is C13H12BrNO2S. The summed E-state index contributed by atoms with van der Waals surface area (Å²) in [6.45, 7) is 5.49. The Bertz CT molecular complexity index is 607. The molecular weight excluding hydrogens is 314 g/mol. The molecule has 1 aromatic carbocycles. The molecule has 0 N–H and O–H groups in total. The zero-order valence-corrected chi connectivity index (χ0v) is 12.7. The molecule has 0 saturated heterocycles. The Balaban J connectivity index is 2.49. The second kappa shape index (κ2) is 5.20. The van der Waals surface area contributed by atoms with Crippen LogP contribution in [0, 0.1) is 13.8 Å². The van der Waals surface area contributed by atoms with Crippen molar-refractivity contribution in [3.05, 3.63) is 33.2 Å². The van der Waals surface area contributed by atoms with Crippen molar-refractivity contribution < 1.29 is 9.53 Å². The molecule has 0 spiro atoms. The summed E-state index contributed by atoms with van der Waals surface area (Å²) in [7, 11) is 0. The van der Waals surface area contributed by atoms with Gasteiger partial charge in [-0.25, -0.2) is 0 Å². The van der Waals surface area contributed by atoms with Gasteiger partial charge in [-0.3, -0.25) is 4.79 Å². The summed E-state index contributed by atoms with van der Waals surface area (Å²) < 4.78 is 5.82. The zero-order chi connectivity index (χ0) is 13.3. The van der Waals surface area contributed by atoms with Gasteiger partial charge in [0.1, 0.15) is 0 Å². The third-order valence-corrected chi connectivity index (χ3v) is 4.12. The van der Waals surface area contributed by atoms with E-state index in [2.05, 4.69) is 46.9 Å². The Morgan fingerprint density at radius 3 is 2.67 bits per heavy atom. The van der Waals surface area contributed by atoms with E-state index in [-0.39, 0.29) is 5.97 Å². The van der Waals surface area contributed by atoms with Crippen LogP contribution in [0.5, 0.6) is 5.88 Å². The number of hydrogen-bond donors (Lipinski definition) is 0. The predicted molar refractivity (Wildman–Crippen MR) is 76.0 cm³/mol. The van der Waals surface area contributed by atoms with Gasteiger partial charge in [-0.05, 0) is 46.5 Å². The van der Waals surface area contributed by atoms with Gasteiger partial charge in [0, 0.05) is 6.92 Å². The average molecular weight is 326 g/mol. The molecule has 0 amide bonds. The van der Waals surface area contributed by atoms with E-state index >= 15 is 0 Å². The summed E-state index contributed by atoms with van der Waals surface area (Å²) >= 11 is 4.77. The van der Waals surface area contributed by atoms with E-state index in [4.69, 9.17) is 4.74 Å². The summed E-state index contributed by atoms with van der Waals surface area (Å²) in [4.78, 5) is 16.1. The van der Waals surface area contributed by atoms with E-state index in [1.807, 2.05) is 6.07 Å². The first kappa shape index (κ1) is 13.2. The van der Waals surface area contributed by atoms with Gasteiger partial charge in [-0.2, -0.15) is 4.98 Å². The molecule has 1 heterocycles. The van der Waals surface area contributed by atoms with Crippen molar-refractivity contribution in [1.29, 1.82) is 0 Å². The van der Waals surface area contributed by atoms with Gasteiger partial charge < -0.3 is 4.74 Å². The van der Waals surface area contributed by atoms with Gasteiger partial charge in [-0.15, -0.1) is 11.3 Å². The monoisotopic (exact) mass is 325 g/mol. The van der Waals surface area contributed by atoms with Gasteiger partial charge in [0.15, 0.2) is 3.92 Å². The van der Waals surface area contributed by atoms with E-state index in [0.717, 1.165) is 10.4 Å². The molecule has 0 unspecified atom stereocenters. The predicted octanol–water partition coefficient (Wildman–Crippen LogP) is 4.11. The SMILES string of the molecule is CC(=O)Oc1nc(Br)sc1-c1ccc(C)c(C)c1. The van der Waals surface area contributed by atoms with E-state index in [1.54, 1.807) is 0 Å². The number of carbonyl (C=O) groups is 1. The minimum absolute atomic E-state index is 0.363. The first-order valence-electron chi connectivity index (χ1n) is 5.39. The second-order valence-electron chi connectivity index (χ2n) is 3.99. The molecule has 0 aliphatic rings. The number of ether oxygens (including phenoxy) is 1. The highest BCUT2D eigenvalue weighted by molar-refractivity contribution is 9.11. The van der Waals surface area contributed by atoms with E-state index in [0.29, 0.717) is 9.80 Å². The number of carbonyl (C=O) groups excluding carboxylic acids is 1. The molecule has 1 aromatic heterocycles. The number of rotatable bonds is 2. The third kappa shape index (κ3) is 2.79. The lowest BCUT2D eigenvalue weighted by atomic mass is 10.1.